The van der Waals surface area contributed by atoms with Crippen molar-refractivity contribution >= 4 is 23.5 Å². The van der Waals surface area contributed by atoms with Crippen molar-refractivity contribution in [3.8, 4) is 0 Å². The van der Waals surface area contributed by atoms with E-state index in [-0.39, 0.29) is 19.1 Å². The van der Waals surface area contributed by atoms with Crippen LogP contribution in [0.25, 0.3) is 0 Å². The Balaban J connectivity index is 2.21. The van der Waals surface area contributed by atoms with E-state index in [1.54, 1.807) is 24.3 Å². The third kappa shape index (κ3) is 2.25. The molecule has 1 heterocycles. The van der Waals surface area contributed by atoms with Crippen molar-refractivity contribution in [2.24, 2.45) is 0 Å². The number of carbonyl (C=O) groups is 2. The molecule has 1 fully saturated rings. The molecule has 0 aromatic heterocycles. The number of β-amino-alcohol motifs (C(OH)–C–C–N with tert-alkyl or cyclic N) is 1. The van der Waals surface area contributed by atoms with Gasteiger partial charge in [-0.2, -0.15) is 0 Å². The Morgan fingerprint density at radius 2 is 1.94 bits per heavy atom. The summed E-state index contributed by atoms with van der Waals surface area (Å²) in [6.07, 6.45) is 0. The van der Waals surface area contributed by atoms with E-state index in [0.29, 0.717) is 10.6 Å². The fourth-order valence-electron chi connectivity index (χ4n) is 1.71. The van der Waals surface area contributed by atoms with Crippen molar-refractivity contribution in [3.05, 3.63) is 34.9 Å². The highest BCUT2D eigenvalue weighted by atomic mass is 35.5. The van der Waals surface area contributed by atoms with E-state index in [2.05, 4.69) is 5.32 Å². The molecule has 0 saturated carbocycles. The summed E-state index contributed by atoms with van der Waals surface area (Å²) in [7, 11) is 0. The van der Waals surface area contributed by atoms with Gasteiger partial charge in [0.05, 0.1) is 13.2 Å². The molecule has 1 aliphatic rings. The zero-order chi connectivity index (χ0) is 12.4. The summed E-state index contributed by atoms with van der Waals surface area (Å²) < 4.78 is 0. The molecule has 0 spiro atoms. The quantitative estimate of drug-likeness (QED) is 0.789. The van der Waals surface area contributed by atoms with E-state index in [4.69, 9.17) is 16.7 Å². The van der Waals surface area contributed by atoms with Crippen molar-refractivity contribution in [2.75, 3.05) is 13.2 Å². The Morgan fingerprint density at radius 1 is 1.29 bits per heavy atom. The van der Waals surface area contributed by atoms with Gasteiger partial charge in [0, 0.05) is 5.02 Å². The standard InChI is InChI=1S/C11H11ClN2O3/c12-8-3-1-7(2-4-8)9-10(16)14(5-6-15)11(17)13-9/h1-4,9,15H,5-6H2,(H,13,17). The van der Waals surface area contributed by atoms with Crippen molar-refractivity contribution < 1.29 is 14.7 Å². The predicted molar refractivity (Wildman–Crippen MR) is 61.5 cm³/mol. The summed E-state index contributed by atoms with van der Waals surface area (Å²) in [5, 5.41) is 11.9. The monoisotopic (exact) mass is 254 g/mol. The number of benzene rings is 1. The van der Waals surface area contributed by atoms with Crippen LogP contribution in [0, 0.1) is 0 Å². The van der Waals surface area contributed by atoms with Crippen molar-refractivity contribution in [1.82, 2.24) is 10.2 Å². The fraction of sp³-hybridized carbons (Fsp3) is 0.273. The molecule has 90 valence electrons. The summed E-state index contributed by atoms with van der Waals surface area (Å²) in [5.74, 6) is -0.355. The van der Waals surface area contributed by atoms with Crippen LogP contribution in [0.2, 0.25) is 5.02 Å². The normalized spacial score (nSPS) is 19.6. The highest BCUT2D eigenvalue weighted by Crippen LogP contribution is 2.22. The Morgan fingerprint density at radius 3 is 2.53 bits per heavy atom. The third-order valence-corrected chi connectivity index (χ3v) is 2.80. The first-order chi connectivity index (χ1) is 8.13. The summed E-state index contributed by atoms with van der Waals surface area (Å²) in [5.41, 5.74) is 0.674. The molecule has 1 aromatic carbocycles. The largest absolute Gasteiger partial charge is 0.395 e. The number of aliphatic hydroxyl groups excluding tert-OH is 1. The van der Waals surface area contributed by atoms with Gasteiger partial charge in [-0.1, -0.05) is 23.7 Å². The number of urea groups is 1. The van der Waals surface area contributed by atoms with Gasteiger partial charge in [-0.3, -0.25) is 9.69 Å². The Hall–Kier alpha value is -1.59. The summed E-state index contributed by atoms with van der Waals surface area (Å²) in [6, 6.07) is 5.52. The molecule has 0 aliphatic carbocycles. The molecular formula is C11H11ClN2O3. The second-order valence-electron chi connectivity index (χ2n) is 3.65. The SMILES string of the molecule is O=C1NC(c2ccc(Cl)cc2)C(=O)N1CCO. The van der Waals surface area contributed by atoms with Gasteiger partial charge in [0.2, 0.25) is 0 Å². The van der Waals surface area contributed by atoms with Crippen LogP contribution in [0.1, 0.15) is 11.6 Å². The number of rotatable bonds is 3. The van der Waals surface area contributed by atoms with Gasteiger partial charge in [-0.15, -0.1) is 0 Å². The van der Waals surface area contributed by atoms with E-state index in [0.717, 1.165) is 4.90 Å². The lowest BCUT2D eigenvalue weighted by Crippen LogP contribution is -2.33. The van der Waals surface area contributed by atoms with E-state index >= 15 is 0 Å². The van der Waals surface area contributed by atoms with Crippen LogP contribution in [0.3, 0.4) is 0 Å². The Bertz CT molecular complexity index is 447. The molecule has 1 unspecified atom stereocenters. The van der Waals surface area contributed by atoms with Gasteiger partial charge in [0.1, 0.15) is 6.04 Å². The molecule has 3 amide bonds. The van der Waals surface area contributed by atoms with Crippen molar-refractivity contribution in [3.63, 3.8) is 0 Å². The van der Waals surface area contributed by atoms with Crippen LogP contribution in [0.5, 0.6) is 0 Å². The fourth-order valence-corrected chi connectivity index (χ4v) is 1.84. The maximum absolute atomic E-state index is 11.9. The first-order valence-corrected chi connectivity index (χ1v) is 5.49. The minimum atomic E-state index is -0.689. The molecule has 2 rings (SSSR count). The minimum Gasteiger partial charge on any atom is -0.395 e. The molecule has 1 atom stereocenters. The van der Waals surface area contributed by atoms with Gasteiger partial charge < -0.3 is 10.4 Å². The number of amides is 3. The molecular weight excluding hydrogens is 244 g/mol. The maximum atomic E-state index is 11.9. The third-order valence-electron chi connectivity index (χ3n) is 2.55. The minimum absolute atomic E-state index is 0.00869. The number of imide groups is 1. The lowest BCUT2D eigenvalue weighted by molar-refractivity contribution is -0.127. The topological polar surface area (TPSA) is 69.6 Å². The van der Waals surface area contributed by atoms with E-state index in [1.807, 2.05) is 0 Å². The van der Waals surface area contributed by atoms with Crippen LogP contribution in [0.15, 0.2) is 24.3 Å². The van der Waals surface area contributed by atoms with E-state index < -0.39 is 12.1 Å². The molecule has 6 heteroatoms. The lowest BCUT2D eigenvalue weighted by Gasteiger charge is -2.11. The van der Waals surface area contributed by atoms with Crippen LogP contribution < -0.4 is 5.32 Å². The molecule has 1 saturated heterocycles. The molecule has 17 heavy (non-hydrogen) atoms. The van der Waals surface area contributed by atoms with Gasteiger partial charge in [0.25, 0.3) is 5.91 Å². The molecule has 0 bridgehead atoms. The molecule has 1 aliphatic heterocycles. The zero-order valence-electron chi connectivity index (χ0n) is 8.89. The number of aliphatic hydroxyl groups is 1. The van der Waals surface area contributed by atoms with Crippen LogP contribution >= 0.6 is 11.6 Å². The molecule has 2 N–H and O–H groups in total. The predicted octanol–water partition coefficient (Wildman–Crippen LogP) is 0.925. The van der Waals surface area contributed by atoms with Gasteiger partial charge >= 0.3 is 6.03 Å². The number of hydrogen-bond donors (Lipinski definition) is 2. The van der Waals surface area contributed by atoms with Crippen LogP contribution in [0.4, 0.5) is 4.79 Å². The lowest BCUT2D eigenvalue weighted by atomic mass is 10.1. The van der Waals surface area contributed by atoms with E-state index in [9.17, 15) is 9.59 Å². The summed E-state index contributed by atoms with van der Waals surface area (Å²) >= 11 is 5.75. The van der Waals surface area contributed by atoms with Gasteiger partial charge in [-0.05, 0) is 17.7 Å². The highest BCUT2D eigenvalue weighted by Gasteiger charge is 2.38. The highest BCUT2D eigenvalue weighted by molar-refractivity contribution is 6.30. The Kier molecular flexibility index (Phi) is 3.31. The second-order valence-corrected chi connectivity index (χ2v) is 4.08. The summed E-state index contributed by atoms with van der Waals surface area (Å²) in [4.78, 5) is 24.4. The number of nitrogens with one attached hydrogen (secondary N) is 1. The average Bonchev–Trinajstić information content (AvgIpc) is 2.59. The average molecular weight is 255 g/mol. The number of hydrogen-bond acceptors (Lipinski definition) is 3. The van der Waals surface area contributed by atoms with Gasteiger partial charge in [-0.25, -0.2) is 4.79 Å². The van der Waals surface area contributed by atoms with Gasteiger partial charge in [0.15, 0.2) is 0 Å². The number of nitrogens with zero attached hydrogens (tertiary/aromatic N) is 1. The Labute approximate surface area is 103 Å². The van der Waals surface area contributed by atoms with Crippen LogP contribution in [-0.4, -0.2) is 35.1 Å². The molecule has 5 nitrogen and oxygen atoms in total. The maximum Gasteiger partial charge on any atom is 0.325 e. The smallest absolute Gasteiger partial charge is 0.325 e. The number of carbonyl (C=O) groups excluding carboxylic acids is 2. The number of halogens is 1. The zero-order valence-corrected chi connectivity index (χ0v) is 9.65. The van der Waals surface area contributed by atoms with Crippen molar-refractivity contribution in [2.45, 2.75) is 6.04 Å². The first kappa shape index (κ1) is 11.9. The second kappa shape index (κ2) is 4.73. The van der Waals surface area contributed by atoms with Crippen molar-refractivity contribution in [1.29, 1.82) is 0 Å². The molecule has 1 aromatic rings. The summed E-state index contributed by atoms with van der Waals surface area (Å²) in [6.45, 7) is -0.235. The first-order valence-electron chi connectivity index (χ1n) is 5.11. The van der Waals surface area contributed by atoms with E-state index in [1.165, 1.54) is 0 Å². The van der Waals surface area contributed by atoms with Crippen LogP contribution in [-0.2, 0) is 4.79 Å². The molecule has 0 radical (unpaired) electrons.